The third kappa shape index (κ3) is 0.810. The molecule has 5 heteroatoms. The molecule has 0 radical (unpaired) electrons. The van der Waals surface area contributed by atoms with E-state index in [4.69, 9.17) is 5.21 Å². The summed E-state index contributed by atoms with van der Waals surface area (Å²) in [4.78, 5) is 3.63. The molecule has 0 aliphatic rings. The molecule has 0 amide bonds. The highest BCUT2D eigenvalue weighted by molar-refractivity contribution is 5.73. The molecule has 2 N–H and O–H groups in total. The molecule has 0 aliphatic heterocycles. The maximum absolute atomic E-state index is 7.92. The van der Waals surface area contributed by atoms with Gasteiger partial charge in [0.15, 0.2) is 5.82 Å². The lowest BCUT2D eigenvalue weighted by molar-refractivity contribution is 0.321. The fourth-order valence-corrected chi connectivity index (χ4v) is 0.332. The van der Waals surface area contributed by atoms with Gasteiger partial charge in [-0.2, -0.15) is 5.10 Å². The molecule has 0 atom stereocenters. The Labute approximate surface area is 45.1 Å². The summed E-state index contributed by atoms with van der Waals surface area (Å²) in [6.45, 7) is 0. The zero-order chi connectivity index (χ0) is 5.82. The van der Waals surface area contributed by atoms with E-state index in [9.17, 15) is 0 Å². The van der Waals surface area contributed by atoms with Crippen LogP contribution in [0.2, 0.25) is 0 Å². The summed E-state index contributed by atoms with van der Waals surface area (Å²) in [6, 6.07) is 0. The summed E-state index contributed by atoms with van der Waals surface area (Å²) in [5.74, 6) is 0.438. The lowest BCUT2D eigenvalue weighted by atomic mass is 10.7. The molecule has 0 saturated heterocycles. The van der Waals surface area contributed by atoms with Crippen LogP contribution >= 0.6 is 0 Å². The van der Waals surface area contributed by atoms with Gasteiger partial charge in [-0.1, -0.05) is 5.16 Å². The number of nitrogens with zero attached hydrogens (tertiary/aromatic N) is 3. The van der Waals surface area contributed by atoms with Crippen LogP contribution in [-0.4, -0.2) is 26.6 Å². The maximum atomic E-state index is 7.92. The van der Waals surface area contributed by atoms with Gasteiger partial charge >= 0.3 is 0 Å². The van der Waals surface area contributed by atoms with Gasteiger partial charge < -0.3 is 5.21 Å². The van der Waals surface area contributed by atoms with E-state index in [2.05, 4.69) is 20.3 Å². The minimum atomic E-state index is 0.438. The first-order valence-electron chi connectivity index (χ1n) is 1.96. The second-order valence-corrected chi connectivity index (χ2v) is 1.12. The average Bonchev–Trinajstić information content (AvgIpc) is 2.19. The van der Waals surface area contributed by atoms with Gasteiger partial charge in [-0.05, 0) is 0 Å². The number of H-pyrrole nitrogens is 1. The van der Waals surface area contributed by atoms with Crippen molar-refractivity contribution in [3.63, 3.8) is 0 Å². The highest BCUT2D eigenvalue weighted by Crippen LogP contribution is 1.75. The number of nitrogens with one attached hydrogen (secondary N) is 1. The molecule has 0 bridgehead atoms. The first-order valence-corrected chi connectivity index (χ1v) is 1.96. The van der Waals surface area contributed by atoms with Crippen LogP contribution in [0.3, 0.4) is 0 Å². The SMILES string of the molecule is O/N=C\c1ncn[nH]1. The van der Waals surface area contributed by atoms with Crippen LogP contribution in [0, 0.1) is 0 Å². The molecule has 1 rings (SSSR count). The molecule has 5 nitrogen and oxygen atoms in total. The van der Waals surface area contributed by atoms with Crippen molar-refractivity contribution in [3.05, 3.63) is 12.2 Å². The minimum Gasteiger partial charge on any atom is -0.411 e. The molecule has 0 unspecified atom stereocenters. The zero-order valence-electron chi connectivity index (χ0n) is 3.94. The van der Waals surface area contributed by atoms with Gasteiger partial charge in [0.05, 0.1) is 0 Å². The lowest BCUT2D eigenvalue weighted by Crippen LogP contribution is -1.82. The predicted octanol–water partition coefficient (Wildman–Crippen LogP) is -0.387. The molecule has 0 aliphatic carbocycles. The summed E-state index contributed by atoms with van der Waals surface area (Å²) in [5, 5.41) is 16.6. The Kier molecular flexibility index (Phi) is 1.23. The van der Waals surface area contributed by atoms with Crippen molar-refractivity contribution in [1.29, 1.82) is 0 Å². The molecular weight excluding hydrogens is 108 g/mol. The summed E-state index contributed by atoms with van der Waals surface area (Å²) < 4.78 is 0. The summed E-state index contributed by atoms with van der Waals surface area (Å²) in [5.41, 5.74) is 0. The molecule has 0 fully saturated rings. The smallest absolute Gasteiger partial charge is 0.170 e. The van der Waals surface area contributed by atoms with Crippen LogP contribution in [0.1, 0.15) is 5.82 Å². The Bertz CT molecular complexity index is 167. The normalized spacial score (nSPS) is 10.5. The zero-order valence-corrected chi connectivity index (χ0v) is 3.94. The molecule has 42 valence electrons. The van der Waals surface area contributed by atoms with Crippen LogP contribution in [0.4, 0.5) is 0 Å². The van der Waals surface area contributed by atoms with Crippen molar-refractivity contribution in [1.82, 2.24) is 15.2 Å². The minimum absolute atomic E-state index is 0.438. The third-order valence-electron chi connectivity index (χ3n) is 0.614. The lowest BCUT2D eigenvalue weighted by Gasteiger charge is -1.72. The number of hydrogen-bond donors (Lipinski definition) is 2. The van der Waals surface area contributed by atoms with Gasteiger partial charge in [-0.3, -0.25) is 5.10 Å². The summed E-state index contributed by atoms with van der Waals surface area (Å²) in [7, 11) is 0. The van der Waals surface area contributed by atoms with E-state index in [0.717, 1.165) is 6.21 Å². The summed E-state index contributed by atoms with van der Waals surface area (Å²) >= 11 is 0. The topological polar surface area (TPSA) is 74.2 Å². The summed E-state index contributed by atoms with van der Waals surface area (Å²) in [6.07, 6.45) is 2.49. The van der Waals surface area contributed by atoms with Gasteiger partial charge in [0.25, 0.3) is 0 Å². The van der Waals surface area contributed by atoms with Crippen molar-refractivity contribution in [2.75, 3.05) is 0 Å². The van der Waals surface area contributed by atoms with E-state index >= 15 is 0 Å². The quantitative estimate of drug-likeness (QED) is 0.295. The van der Waals surface area contributed by atoms with Crippen molar-refractivity contribution in [2.45, 2.75) is 0 Å². The average molecular weight is 112 g/mol. The first kappa shape index (κ1) is 4.76. The van der Waals surface area contributed by atoms with Gasteiger partial charge in [0, 0.05) is 0 Å². The number of hydrogen-bond acceptors (Lipinski definition) is 4. The van der Waals surface area contributed by atoms with E-state index in [0.29, 0.717) is 5.82 Å². The molecular formula is C3H4N4O. The maximum Gasteiger partial charge on any atom is 0.170 e. The Morgan fingerprint density at radius 1 is 1.88 bits per heavy atom. The van der Waals surface area contributed by atoms with Crippen LogP contribution in [0.25, 0.3) is 0 Å². The van der Waals surface area contributed by atoms with Crippen molar-refractivity contribution < 1.29 is 5.21 Å². The van der Waals surface area contributed by atoms with Crippen LogP contribution in [0.5, 0.6) is 0 Å². The van der Waals surface area contributed by atoms with Crippen LogP contribution < -0.4 is 0 Å². The van der Waals surface area contributed by atoms with Crippen LogP contribution in [0.15, 0.2) is 11.5 Å². The molecule has 1 aromatic rings. The van der Waals surface area contributed by atoms with Crippen molar-refractivity contribution in [2.24, 2.45) is 5.16 Å². The number of oxime groups is 1. The number of rotatable bonds is 1. The fraction of sp³-hybridized carbons (Fsp3) is 0. The van der Waals surface area contributed by atoms with E-state index in [1.54, 1.807) is 0 Å². The van der Waals surface area contributed by atoms with E-state index in [-0.39, 0.29) is 0 Å². The molecule has 0 aromatic carbocycles. The highest BCUT2D eigenvalue weighted by atomic mass is 16.4. The molecule has 0 spiro atoms. The monoisotopic (exact) mass is 112 g/mol. The molecule has 1 aromatic heterocycles. The largest absolute Gasteiger partial charge is 0.411 e. The second-order valence-electron chi connectivity index (χ2n) is 1.12. The Hall–Kier alpha value is -1.39. The molecule has 0 saturated carbocycles. The molecule has 8 heavy (non-hydrogen) atoms. The standard InChI is InChI=1S/C3H4N4O/c8-6-1-3-4-2-5-7-3/h1-2,8H,(H,4,5,7)/b6-1-. The number of aromatic amines is 1. The second kappa shape index (κ2) is 2.06. The van der Waals surface area contributed by atoms with Crippen molar-refractivity contribution >= 4 is 6.21 Å². The van der Waals surface area contributed by atoms with Gasteiger partial charge in [-0.15, -0.1) is 0 Å². The highest BCUT2D eigenvalue weighted by Gasteiger charge is 1.84. The molecule has 1 heterocycles. The Balaban J connectivity index is 2.77. The van der Waals surface area contributed by atoms with Gasteiger partial charge in [0.1, 0.15) is 12.5 Å². The first-order chi connectivity index (χ1) is 3.93. The third-order valence-corrected chi connectivity index (χ3v) is 0.614. The van der Waals surface area contributed by atoms with E-state index in [1.165, 1.54) is 6.33 Å². The van der Waals surface area contributed by atoms with E-state index < -0.39 is 0 Å². The number of aromatic nitrogens is 3. The van der Waals surface area contributed by atoms with Crippen LogP contribution in [-0.2, 0) is 0 Å². The predicted molar refractivity (Wildman–Crippen MR) is 25.8 cm³/mol. The Morgan fingerprint density at radius 3 is 3.25 bits per heavy atom. The fourth-order valence-electron chi connectivity index (χ4n) is 0.332. The van der Waals surface area contributed by atoms with Gasteiger partial charge in [0.2, 0.25) is 0 Å². The Morgan fingerprint density at radius 2 is 2.75 bits per heavy atom. The van der Waals surface area contributed by atoms with Gasteiger partial charge in [-0.25, -0.2) is 4.98 Å². The van der Waals surface area contributed by atoms with E-state index in [1.807, 2.05) is 0 Å². The van der Waals surface area contributed by atoms with Crippen molar-refractivity contribution in [3.8, 4) is 0 Å².